The van der Waals surface area contributed by atoms with Gasteiger partial charge in [-0.1, -0.05) is 18.2 Å². The smallest absolute Gasteiger partial charge is 0.261 e. The minimum absolute atomic E-state index is 0.114. The van der Waals surface area contributed by atoms with Gasteiger partial charge in [0.05, 0.1) is 3.79 Å². The monoisotopic (exact) mass is 399 g/mol. The van der Waals surface area contributed by atoms with Crippen molar-refractivity contribution in [3.05, 3.63) is 62.4 Å². The SMILES string of the molecule is N#CC(=Cc1ccc(Br)s1)C(=O)NCCc1c[nH]c2ccccc12. The van der Waals surface area contributed by atoms with E-state index in [9.17, 15) is 10.1 Å². The van der Waals surface area contributed by atoms with Gasteiger partial charge in [-0.05, 0) is 52.2 Å². The molecule has 1 amide bonds. The van der Waals surface area contributed by atoms with Gasteiger partial charge in [0, 0.05) is 28.5 Å². The van der Waals surface area contributed by atoms with Crippen LogP contribution in [0.3, 0.4) is 0 Å². The van der Waals surface area contributed by atoms with Crippen molar-refractivity contribution in [2.75, 3.05) is 6.54 Å². The summed E-state index contributed by atoms with van der Waals surface area (Å²) < 4.78 is 0.964. The van der Waals surface area contributed by atoms with E-state index in [0.717, 1.165) is 25.1 Å². The lowest BCUT2D eigenvalue weighted by molar-refractivity contribution is -0.117. The van der Waals surface area contributed by atoms with Crippen LogP contribution in [0.5, 0.6) is 0 Å². The van der Waals surface area contributed by atoms with Crippen molar-refractivity contribution in [3.63, 3.8) is 0 Å². The maximum atomic E-state index is 12.2. The van der Waals surface area contributed by atoms with Crippen LogP contribution in [0.25, 0.3) is 17.0 Å². The molecule has 0 aliphatic heterocycles. The molecule has 0 saturated carbocycles. The first-order chi connectivity index (χ1) is 11.7. The molecule has 0 aliphatic rings. The summed E-state index contributed by atoms with van der Waals surface area (Å²) in [6, 6.07) is 13.8. The molecule has 3 aromatic rings. The van der Waals surface area contributed by atoms with Gasteiger partial charge in [0.25, 0.3) is 5.91 Å². The molecule has 0 unspecified atom stereocenters. The highest BCUT2D eigenvalue weighted by Gasteiger charge is 2.10. The van der Waals surface area contributed by atoms with Gasteiger partial charge < -0.3 is 10.3 Å². The maximum absolute atomic E-state index is 12.2. The molecule has 0 fully saturated rings. The van der Waals surface area contributed by atoms with Crippen LogP contribution in [0.1, 0.15) is 10.4 Å². The predicted octanol–water partition coefficient (Wildman–Crippen LogP) is 4.26. The first-order valence-electron chi connectivity index (χ1n) is 7.37. The van der Waals surface area contributed by atoms with Crippen LogP contribution < -0.4 is 5.32 Å². The fourth-order valence-corrected chi connectivity index (χ4v) is 3.81. The van der Waals surface area contributed by atoms with Gasteiger partial charge in [-0.2, -0.15) is 5.26 Å². The molecular weight excluding hydrogens is 386 g/mol. The van der Waals surface area contributed by atoms with Crippen molar-refractivity contribution >= 4 is 50.2 Å². The van der Waals surface area contributed by atoms with Crippen LogP contribution in [0, 0.1) is 11.3 Å². The number of H-pyrrole nitrogens is 1. The van der Waals surface area contributed by atoms with Crippen LogP contribution in [-0.2, 0) is 11.2 Å². The number of carbonyl (C=O) groups is 1. The van der Waals surface area contributed by atoms with Gasteiger partial charge in [-0.25, -0.2) is 0 Å². The van der Waals surface area contributed by atoms with Gasteiger partial charge in [0.2, 0.25) is 0 Å². The van der Waals surface area contributed by atoms with Crippen LogP contribution in [0.4, 0.5) is 0 Å². The summed E-state index contributed by atoms with van der Waals surface area (Å²) in [4.78, 5) is 16.2. The normalized spacial score (nSPS) is 11.4. The number of aromatic amines is 1. The van der Waals surface area contributed by atoms with Crippen LogP contribution in [0.2, 0.25) is 0 Å². The Hall–Kier alpha value is -2.36. The number of halogens is 1. The number of nitriles is 1. The Labute approximate surface area is 151 Å². The molecule has 0 saturated heterocycles. The Morgan fingerprint density at radius 2 is 2.17 bits per heavy atom. The second kappa shape index (κ2) is 7.47. The van der Waals surface area contributed by atoms with Crippen molar-refractivity contribution in [1.29, 1.82) is 5.26 Å². The second-order valence-corrected chi connectivity index (χ2v) is 7.67. The molecule has 2 aromatic heterocycles. The Morgan fingerprint density at radius 1 is 1.33 bits per heavy atom. The highest BCUT2D eigenvalue weighted by molar-refractivity contribution is 9.11. The van der Waals surface area contributed by atoms with E-state index in [1.54, 1.807) is 6.08 Å². The number of amides is 1. The van der Waals surface area contributed by atoms with Crippen LogP contribution in [-0.4, -0.2) is 17.4 Å². The molecule has 24 heavy (non-hydrogen) atoms. The van der Waals surface area contributed by atoms with Gasteiger partial charge >= 0.3 is 0 Å². The summed E-state index contributed by atoms with van der Waals surface area (Å²) >= 11 is 4.84. The Balaban J connectivity index is 1.62. The Bertz CT molecular complexity index is 948. The number of hydrogen-bond acceptors (Lipinski definition) is 3. The van der Waals surface area contributed by atoms with Gasteiger partial charge in [0.1, 0.15) is 11.6 Å². The minimum atomic E-state index is -0.345. The topological polar surface area (TPSA) is 68.7 Å². The fraction of sp³-hybridized carbons (Fsp3) is 0.111. The number of nitrogens with zero attached hydrogens (tertiary/aromatic N) is 1. The number of nitrogens with one attached hydrogen (secondary N) is 2. The van der Waals surface area contributed by atoms with Gasteiger partial charge in [-0.3, -0.25) is 4.79 Å². The van der Waals surface area contributed by atoms with E-state index < -0.39 is 0 Å². The molecule has 0 aliphatic carbocycles. The summed E-state index contributed by atoms with van der Waals surface area (Å²) in [5.41, 5.74) is 2.35. The van der Waals surface area contributed by atoms with Crippen molar-refractivity contribution in [2.45, 2.75) is 6.42 Å². The van der Waals surface area contributed by atoms with Crippen molar-refractivity contribution in [2.24, 2.45) is 0 Å². The fourth-order valence-electron chi connectivity index (χ4n) is 2.44. The maximum Gasteiger partial charge on any atom is 0.261 e. The third kappa shape index (κ3) is 3.75. The largest absolute Gasteiger partial charge is 0.361 e. The summed E-state index contributed by atoms with van der Waals surface area (Å²) in [6.45, 7) is 0.480. The third-order valence-electron chi connectivity index (χ3n) is 3.60. The molecular formula is C18H14BrN3OS. The summed E-state index contributed by atoms with van der Waals surface area (Å²) in [6.07, 6.45) is 4.27. The van der Waals surface area contributed by atoms with Crippen molar-refractivity contribution in [3.8, 4) is 6.07 Å². The summed E-state index contributed by atoms with van der Waals surface area (Å²) in [5.74, 6) is -0.345. The number of hydrogen-bond donors (Lipinski definition) is 2. The van der Waals surface area contributed by atoms with Crippen LogP contribution in [0.15, 0.2) is 52.0 Å². The second-order valence-electron chi connectivity index (χ2n) is 5.18. The molecule has 6 heteroatoms. The standard InChI is InChI=1S/C18H14BrN3OS/c19-17-6-5-14(24-17)9-13(10-20)18(23)21-8-7-12-11-22-16-4-2-1-3-15(12)16/h1-6,9,11,22H,7-8H2,(H,21,23). The molecule has 2 heterocycles. The molecule has 0 atom stereocenters. The Kier molecular flexibility index (Phi) is 5.14. The first kappa shape index (κ1) is 16.5. The van der Waals surface area contributed by atoms with E-state index in [1.165, 1.54) is 11.3 Å². The molecule has 2 N–H and O–H groups in total. The molecule has 0 bridgehead atoms. The number of aromatic nitrogens is 1. The average Bonchev–Trinajstić information content (AvgIpc) is 3.19. The quantitative estimate of drug-likeness (QED) is 0.497. The number of benzene rings is 1. The predicted molar refractivity (Wildman–Crippen MR) is 101 cm³/mol. The number of carbonyl (C=O) groups excluding carboxylic acids is 1. The lowest BCUT2D eigenvalue weighted by Crippen LogP contribution is -2.26. The summed E-state index contributed by atoms with van der Waals surface area (Å²) in [7, 11) is 0. The van der Waals surface area contributed by atoms with Crippen LogP contribution >= 0.6 is 27.3 Å². The highest BCUT2D eigenvalue weighted by Crippen LogP contribution is 2.24. The number of thiophene rings is 1. The number of rotatable bonds is 5. The van der Waals surface area contributed by atoms with E-state index in [0.29, 0.717) is 13.0 Å². The summed E-state index contributed by atoms with van der Waals surface area (Å²) in [5, 5.41) is 13.2. The van der Waals surface area contributed by atoms with E-state index in [1.807, 2.05) is 42.6 Å². The lowest BCUT2D eigenvalue weighted by atomic mass is 10.1. The van der Waals surface area contributed by atoms with E-state index in [-0.39, 0.29) is 11.5 Å². The molecule has 1 aromatic carbocycles. The zero-order valence-electron chi connectivity index (χ0n) is 12.7. The van der Waals surface area contributed by atoms with Crippen molar-refractivity contribution in [1.82, 2.24) is 10.3 Å². The zero-order chi connectivity index (χ0) is 16.9. The third-order valence-corrected chi connectivity index (χ3v) is 5.17. The molecule has 0 spiro atoms. The Morgan fingerprint density at radius 3 is 2.92 bits per heavy atom. The molecule has 4 nitrogen and oxygen atoms in total. The average molecular weight is 400 g/mol. The van der Waals surface area contributed by atoms with E-state index in [2.05, 4.69) is 32.3 Å². The molecule has 0 radical (unpaired) electrons. The molecule has 3 rings (SSSR count). The number of para-hydroxylation sites is 1. The zero-order valence-corrected chi connectivity index (χ0v) is 15.1. The molecule has 120 valence electrons. The van der Waals surface area contributed by atoms with Gasteiger partial charge in [-0.15, -0.1) is 11.3 Å². The van der Waals surface area contributed by atoms with Gasteiger partial charge in [0.15, 0.2) is 0 Å². The minimum Gasteiger partial charge on any atom is -0.361 e. The van der Waals surface area contributed by atoms with E-state index >= 15 is 0 Å². The highest BCUT2D eigenvalue weighted by atomic mass is 79.9. The first-order valence-corrected chi connectivity index (χ1v) is 8.98. The number of fused-ring (bicyclic) bond motifs is 1. The lowest BCUT2D eigenvalue weighted by Gasteiger charge is -2.03. The van der Waals surface area contributed by atoms with Crippen molar-refractivity contribution < 1.29 is 4.79 Å². The van der Waals surface area contributed by atoms with E-state index in [4.69, 9.17) is 0 Å².